The van der Waals surface area contributed by atoms with Crippen LogP contribution < -0.4 is 5.32 Å². The number of carbonyl (C=O) groups is 1. The molecule has 0 radical (unpaired) electrons. The van der Waals surface area contributed by atoms with E-state index in [0.717, 1.165) is 32.7 Å². The van der Waals surface area contributed by atoms with Gasteiger partial charge in [-0.1, -0.05) is 13.8 Å². The van der Waals surface area contributed by atoms with Gasteiger partial charge in [-0.3, -0.25) is 9.69 Å². The van der Waals surface area contributed by atoms with Gasteiger partial charge < -0.3 is 10.2 Å². The molecule has 17 heavy (non-hydrogen) atoms. The fourth-order valence-electron chi connectivity index (χ4n) is 2.18. The Hall–Kier alpha value is -0.450. The lowest BCUT2D eigenvalue weighted by atomic mass is 10.2. The van der Waals surface area contributed by atoms with Crippen molar-refractivity contribution in [3.05, 3.63) is 0 Å². The molecule has 1 fully saturated rings. The zero-order chi connectivity index (χ0) is 12.7. The second-order valence-corrected chi connectivity index (χ2v) is 5.28. The summed E-state index contributed by atoms with van der Waals surface area (Å²) in [6.07, 6.45) is 1.21. The van der Waals surface area contributed by atoms with Crippen molar-refractivity contribution in [2.45, 2.75) is 33.2 Å². The lowest BCUT2D eigenvalue weighted by molar-refractivity contribution is -0.118. The molecule has 4 nitrogen and oxygen atoms in total. The van der Waals surface area contributed by atoms with Crippen LogP contribution in [0.5, 0.6) is 0 Å². The van der Waals surface area contributed by atoms with E-state index in [4.69, 9.17) is 0 Å². The lowest BCUT2D eigenvalue weighted by Gasteiger charge is -2.34. The number of hydrogen-bond acceptors (Lipinski definition) is 4. The van der Waals surface area contributed by atoms with Gasteiger partial charge in [0.05, 0.1) is 6.54 Å². The normalized spacial score (nSPS) is 18.8. The summed E-state index contributed by atoms with van der Waals surface area (Å²) in [4.78, 5) is 15.8. The van der Waals surface area contributed by atoms with E-state index in [1.165, 1.54) is 13.0 Å². The first-order valence-electron chi connectivity index (χ1n) is 6.75. The third-order valence-electron chi connectivity index (χ3n) is 3.11. The zero-order valence-corrected chi connectivity index (χ0v) is 11.5. The molecular weight excluding hydrogens is 214 g/mol. The van der Waals surface area contributed by atoms with Crippen LogP contribution in [0.4, 0.5) is 0 Å². The van der Waals surface area contributed by atoms with Gasteiger partial charge in [-0.25, -0.2) is 0 Å². The molecule has 0 unspecified atom stereocenters. The summed E-state index contributed by atoms with van der Waals surface area (Å²) >= 11 is 0. The van der Waals surface area contributed by atoms with E-state index < -0.39 is 0 Å². The Bertz CT molecular complexity index is 223. The predicted octanol–water partition coefficient (Wildman–Crippen LogP) is 0.581. The van der Waals surface area contributed by atoms with E-state index >= 15 is 0 Å². The van der Waals surface area contributed by atoms with Crippen LogP contribution in [0.25, 0.3) is 0 Å². The number of ketones is 1. The highest BCUT2D eigenvalue weighted by Gasteiger charge is 2.16. The summed E-state index contributed by atoms with van der Waals surface area (Å²) in [5.74, 6) is 0.277. The van der Waals surface area contributed by atoms with Crippen molar-refractivity contribution in [1.29, 1.82) is 0 Å². The number of piperazine rings is 1. The lowest BCUT2D eigenvalue weighted by Crippen LogP contribution is -2.48. The molecule has 4 heteroatoms. The highest BCUT2D eigenvalue weighted by molar-refractivity contribution is 5.77. The summed E-state index contributed by atoms with van der Waals surface area (Å²) in [6, 6.07) is 0.586. The minimum Gasteiger partial charge on any atom is -0.314 e. The average Bonchev–Trinajstić information content (AvgIpc) is 2.25. The van der Waals surface area contributed by atoms with Gasteiger partial charge in [0.2, 0.25) is 0 Å². The molecule has 0 saturated carbocycles. The Morgan fingerprint density at radius 3 is 2.29 bits per heavy atom. The van der Waals surface area contributed by atoms with Crippen LogP contribution >= 0.6 is 0 Å². The van der Waals surface area contributed by atoms with Crippen LogP contribution in [-0.2, 0) is 4.79 Å². The standard InChI is InChI=1S/C13H27N3O/c1-12(2)14-5-4-6-15-7-9-16(10-8-15)11-13(3)17/h12,14H,4-11H2,1-3H3. The summed E-state index contributed by atoms with van der Waals surface area (Å²) in [7, 11) is 0. The predicted molar refractivity (Wildman–Crippen MR) is 71.3 cm³/mol. The Kier molecular flexibility index (Phi) is 6.70. The molecule has 0 aromatic carbocycles. The van der Waals surface area contributed by atoms with Crippen molar-refractivity contribution >= 4 is 5.78 Å². The van der Waals surface area contributed by atoms with Crippen molar-refractivity contribution in [2.24, 2.45) is 0 Å². The first-order chi connectivity index (χ1) is 8.08. The van der Waals surface area contributed by atoms with Crippen LogP contribution in [0, 0.1) is 0 Å². The number of hydrogen-bond donors (Lipinski definition) is 1. The van der Waals surface area contributed by atoms with Crippen molar-refractivity contribution in [1.82, 2.24) is 15.1 Å². The van der Waals surface area contributed by atoms with E-state index in [1.54, 1.807) is 6.92 Å². The molecule has 1 N–H and O–H groups in total. The molecule has 1 aliphatic heterocycles. The maximum atomic E-state index is 11.0. The first kappa shape index (κ1) is 14.6. The number of nitrogens with one attached hydrogen (secondary N) is 1. The molecule has 0 atom stereocenters. The highest BCUT2D eigenvalue weighted by atomic mass is 16.1. The molecule has 1 saturated heterocycles. The van der Waals surface area contributed by atoms with Gasteiger partial charge in [-0.2, -0.15) is 0 Å². The molecule has 0 aromatic heterocycles. The summed E-state index contributed by atoms with van der Waals surface area (Å²) in [5.41, 5.74) is 0. The van der Waals surface area contributed by atoms with Crippen molar-refractivity contribution in [2.75, 3.05) is 45.8 Å². The van der Waals surface area contributed by atoms with Crippen LogP contribution in [0.2, 0.25) is 0 Å². The SMILES string of the molecule is CC(=O)CN1CCN(CCCNC(C)C)CC1. The van der Waals surface area contributed by atoms with Crippen LogP contribution in [-0.4, -0.2) is 67.4 Å². The fraction of sp³-hybridized carbons (Fsp3) is 0.923. The van der Waals surface area contributed by atoms with Gasteiger partial charge in [0.25, 0.3) is 0 Å². The first-order valence-corrected chi connectivity index (χ1v) is 6.75. The summed E-state index contributed by atoms with van der Waals surface area (Å²) in [6.45, 7) is 13.2. The molecule has 0 bridgehead atoms. The molecule has 0 aliphatic carbocycles. The van der Waals surface area contributed by atoms with Crippen molar-refractivity contribution in [3.63, 3.8) is 0 Å². The van der Waals surface area contributed by atoms with Crippen molar-refractivity contribution < 1.29 is 4.79 Å². The van der Waals surface area contributed by atoms with Gasteiger partial charge in [-0.15, -0.1) is 0 Å². The molecule has 0 amide bonds. The van der Waals surface area contributed by atoms with E-state index in [-0.39, 0.29) is 5.78 Å². The average molecular weight is 241 g/mol. The quantitative estimate of drug-likeness (QED) is 0.662. The van der Waals surface area contributed by atoms with Gasteiger partial charge in [-0.05, 0) is 26.4 Å². The molecule has 100 valence electrons. The topological polar surface area (TPSA) is 35.6 Å². The van der Waals surface area contributed by atoms with Gasteiger partial charge >= 0.3 is 0 Å². The van der Waals surface area contributed by atoms with Gasteiger partial charge in [0, 0.05) is 32.2 Å². The Morgan fingerprint density at radius 2 is 1.76 bits per heavy atom. The van der Waals surface area contributed by atoms with Crippen LogP contribution in [0.3, 0.4) is 0 Å². The van der Waals surface area contributed by atoms with Gasteiger partial charge in [0.15, 0.2) is 0 Å². The third kappa shape index (κ3) is 6.76. The van der Waals surface area contributed by atoms with Crippen molar-refractivity contribution in [3.8, 4) is 0 Å². The number of rotatable bonds is 7. The molecule has 1 heterocycles. The summed E-state index contributed by atoms with van der Waals surface area (Å²) < 4.78 is 0. The molecular formula is C13H27N3O. The number of carbonyl (C=O) groups excluding carboxylic acids is 1. The van der Waals surface area contributed by atoms with Gasteiger partial charge in [0.1, 0.15) is 5.78 Å². The maximum Gasteiger partial charge on any atom is 0.143 e. The Balaban J connectivity index is 2.05. The molecule has 1 aliphatic rings. The number of Topliss-reactive ketones (excluding diaryl/α,β-unsaturated/α-hetero) is 1. The largest absolute Gasteiger partial charge is 0.314 e. The van der Waals surface area contributed by atoms with Crippen LogP contribution in [0.15, 0.2) is 0 Å². The minimum atomic E-state index is 0.277. The van der Waals surface area contributed by atoms with E-state index in [0.29, 0.717) is 12.6 Å². The van der Waals surface area contributed by atoms with E-state index in [1.807, 2.05) is 0 Å². The monoisotopic (exact) mass is 241 g/mol. The van der Waals surface area contributed by atoms with Crippen LogP contribution in [0.1, 0.15) is 27.2 Å². The third-order valence-corrected chi connectivity index (χ3v) is 3.11. The maximum absolute atomic E-state index is 11.0. The Morgan fingerprint density at radius 1 is 1.18 bits per heavy atom. The second-order valence-electron chi connectivity index (χ2n) is 5.28. The van der Waals surface area contributed by atoms with E-state index in [2.05, 4.69) is 29.0 Å². The summed E-state index contributed by atoms with van der Waals surface area (Å²) in [5, 5.41) is 3.44. The van der Waals surface area contributed by atoms with E-state index in [9.17, 15) is 4.79 Å². The smallest absolute Gasteiger partial charge is 0.143 e. The number of nitrogens with zero attached hydrogens (tertiary/aromatic N) is 2. The molecule has 1 rings (SSSR count). The fourth-order valence-corrected chi connectivity index (χ4v) is 2.18. The second kappa shape index (κ2) is 7.80. The highest BCUT2D eigenvalue weighted by Crippen LogP contribution is 2.02. The molecule has 0 spiro atoms. The minimum absolute atomic E-state index is 0.277. The molecule has 0 aromatic rings. The zero-order valence-electron chi connectivity index (χ0n) is 11.5. The Labute approximate surface area is 105 Å².